The van der Waals surface area contributed by atoms with Crippen LogP contribution in [0.5, 0.6) is 11.5 Å². The zero-order chi connectivity index (χ0) is 25.4. The summed E-state index contributed by atoms with van der Waals surface area (Å²) in [4.78, 5) is 15.1. The fourth-order valence-corrected chi connectivity index (χ4v) is 5.34. The van der Waals surface area contributed by atoms with Gasteiger partial charge in [0.05, 0.1) is 24.3 Å². The molecule has 0 aromatic heterocycles. The molecule has 3 aromatic rings. The van der Waals surface area contributed by atoms with Gasteiger partial charge in [0.1, 0.15) is 0 Å². The van der Waals surface area contributed by atoms with E-state index in [4.69, 9.17) is 9.47 Å². The molecule has 0 fully saturated rings. The van der Waals surface area contributed by atoms with E-state index in [1.165, 1.54) is 16.4 Å². The summed E-state index contributed by atoms with van der Waals surface area (Å²) < 4.78 is 39.1. The van der Waals surface area contributed by atoms with Crippen molar-refractivity contribution in [2.24, 2.45) is 0 Å². The minimum atomic E-state index is -3.84. The Morgan fingerprint density at radius 2 is 1.60 bits per heavy atom. The predicted molar refractivity (Wildman–Crippen MR) is 138 cm³/mol. The van der Waals surface area contributed by atoms with Gasteiger partial charge in [-0.1, -0.05) is 30.3 Å². The maximum Gasteiger partial charge on any atom is 0.264 e. The van der Waals surface area contributed by atoms with Gasteiger partial charge in [-0.15, -0.1) is 0 Å². The third-order valence-electron chi connectivity index (χ3n) is 5.57. The van der Waals surface area contributed by atoms with Crippen LogP contribution in [0.1, 0.15) is 36.7 Å². The fourth-order valence-electron chi connectivity index (χ4n) is 3.82. The molecule has 0 saturated heterocycles. The fraction of sp³-hybridized carbons (Fsp3) is 0.296. The van der Waals surface area contributed by atoms with Crippen molar-refractivity contribution >= 4 is 21.6 Å². The number of carbonyl (C=O) groups excluding carboxylic acids is 1. The van der Waals surface area contributed by atoms with Crippen molar-refractivity contribution in [1.82, 2.24) is 4.90 Å². The van der Waals surface area contributed by atoms with Crippen LogP contribution in [0.15, 0.2) is 77.7 Å². The first kappa shape index (κ1) is 26.1. The van der Waals surface area contributed by atoms with Gasteiger partial charge in [-0.3, -0.25) is 9.10 Å². The standard InChI is InChI=1S/C27H32N2O5S/c1-5-28(20-21-16-17-25(34-7-3)26(18-21)33-4)27(30)22-12-11-15-24(19-22)35(31,32)29(6-2)23-13-9-8-10-14-23/h8-19H,5-7,20H2,1-4H3. The Bertz CT molecular complexity index is 1250. The number of anilines is 1. The van der Waals surface area contributed by atoms with Crippen LogP contribution >= 0.6 is 0 Å². The Labute approximate surface area is 207 Å². The molecule has 0 N–H and O–H groups in total. The number of sulfonamides is 1. The van der Waals surface area contributed by atoms with Gasteiger partial charge in [-0.2, -0.15) is 0 Å². The molecule has 8 heteroatoms. The monoisotopic (exact) mass is 496 g/mol. The maximum absolute atomic E-state index is 13.4. The highest BCUT2D eigenvalue weighted by atomic mass is 32.2. The summed E-state index contributed by atoms with van der Waals surface area (Å²) in [5.74, 6) is 0.992. The molecule has 0 unspecified atom stereocenters. The molecule has 0 spiro atoms. The van der Waals surface area contributed by atoms with E-state index < -0.39 is 10.0 Å². The van der Waals surface area contributed by atoms with Crippen molar-refractivity contribution in [1.29, 1.82) is 0 Å². The van der Waals surface area contributed by atoms with Gasteiger partial charge < -0.3 is 14.4 Å². The van der Waals surface area contributed by atoms with Crippen LogP contribution in [0, 0.1) is 0 Å². The molecular weight excluding hydrogens is 464 g/mol. The van der Waals surface area contributed by atoms with E-state index in [9.17, 15) is 13.2 Å². The first-order valence-electron chi connectivity index (χ1n) is 11.6. The summed E-state index contributed by atoms with van der Waals surface area (Å²) in [7, 11) is -2.26. The Morgan fingerprint density at radius 1 is 0.857 bits per heavy atom. The molecule has 0 heterocycles. The van der Waals surface area contributed by atoms with Gasteiger partial charge in [0.25, 0.3) is 15.9 Å². The van der Waals surface area contributed by atoms with Crippen LogP contribution in [0.2, 0.25) is 0 Å². The van der Waals surface area contributed by atoms with Crippen molar-refractivity contribution in [2.45, 2.75) is 32.2 Å². The second kappa shape index (κ2) is 11.8. The number of amides is 1. The molecule has 0 atom stereocenters. The molecule has 0 bridgehead atoms. The third kappa shape index (κ3) is 5.95. The lowest BCUT2D eigenvalue weighted by Gasteiger charge is -2.24. The summed E-state index contributed by atoms with van der Waals surface area (Å²) in [6, 6.07) is 20.7. The van der Waals surface area contributed by atoms with Crippen molar-refractivity contribution in [2.75, 3.05) is 31.1 Å². The second-order valence-electron chi connectivity index (χ2n) is 7.77. The Balaban J connectivity index is 1.87. The molecule has 1 amide bonds. The van der Waals surface area contributed by atoms with Crippen LogP contribution in [0.25, 0.3) is 0 Å². The van der Waals surface area contributed by atoms with E-state index in [1.807, 2.05) is 38.1 Å². The minimum Gasteiger partial charge on any atom is -0.493 e. The van der Waals surface area contributed by atoms with Crippen LogP contribution < -0.4 is 13.8 Å². The van der Waals surface area contributed by atoms with Gasteiger partial charge in [0.2, 0.25) is 0 Å². The van der Waals surface area contributed by atoms with E-state index in [2.05, 4.69) is 0 Å². The number of ether oxygens (including phenoxy) is 2. The summed E-state index contributed by atoms with van der Waals surface area (Å²) in [5.41, 5.74) is 1.77. The molecule has 0 saturated carbocycles. The Morgan fingerprint density at radius 3 is 2.23 bits per heavy atom. The molecule has 0 aliphatic carbocycles. The lowest BCUT2D eigenvalue weighted by molar-refractivity contribution is 0.0752. The zero-order valence-corrected chi connectivity index (χ0v) is 21.4. The Kier molecular flexibility index (Phi) is 8.76. The van der Waals surface area contributed by atoms with Gasteiger partial charge >= 0.3 is 0 Å². The molecular formula is C27H32N2O5S. The number of hydrogen-bond acceptors (Lipinski definition) is 5. The SMILES string of the molecule is CCOc1ccc(CN(CC)C(=O)c2cccc(S(=O)(=O)N(CC)c3ccccc3)c2)cc1OC. The van der Waals surface area contributed by atoms with Crippen LogP contribution in [0.3, 0.4) is 0 Å². The highest BCUT2D eigenvalue weighted by Gasteiger charge is 2.25. The van der Waals surface area contributed by atoms with Gasteiger partial charge in [0.15, 0.2) is 11.5 Å². The predicted octanol–water partition coefficient (Wildman–Crippen LogP) is 4.97. The van der Waals surface area contributed by atoms with Gasteiger partial charge in [-0.25, -0.2) is 8.42 Å². The first-order chi connectivity index (χ1) is 16.8. The van der Waals surface area contributed by atoms with Crippen LogP contribution in [0.4, 0.5) is 5.69 Å². The lowest BCUT2D eigenvalue weighted by atomic mass is 10.1. The van der Waals surface area contributed by atoms with Crippen LogP contribution in [-0.4, -0.2) is 46.0 Å². The molecule has 0 aliphatic rings. The minimum absolute atomic E-state index is 0.0767. The number of benzene rings is 3. The summed E-state index contributed by atoms with van der Waals surface area (Å²) in [5, 5.41) is 0. The van der Waals surface area contributed by atoms with E-state index >= 15 is 0 Å². The summed E-state index contributed by atoms with van der Waals surface area (Å²) >= 11 is 0. The number of para-hydroxylation sites is 1. The normalized spacial score (nSPS) is 11.1. The molecule has 0 radical (unpaired) electrons. The van der Waals surface area contributed by atoms with Crippen molar-refractivity contribution in [3.05, 3.63) is 83.9 Å². The quantitative estimate of drug-likeness (QED) is 0.375. The van der Waals surface area contributed by atoms with Gasteiger partial charge in [-0.05, 0) is 68.8 Å². The summed E-state index contributed by atoms with van der Waals surface area (Å²) in [6.07, 6.45) is 0. The van der Waals surface area contributed by atoms with E-state index in [1.54, 1.807) is 55.3 Å². The van der Waals surface area contributed by atoms with E-state index in [0.717, 1.165) is 5.56 Å². The molecule has 3 rings (SSSR count). The van der Waals surface area contributed by atoms with Gasteiger partial charge in [0, 0.05) is 25.2 Å². The number of hydrogen-bond donors (Lipinski definition) is 0. The van der Waals surface area contributed by atoms with E-state index in [0.29, 0.717) is 42.4 Å². The smallest absolute Gasteiger partial charge is 0.264 e. The lowest BCUT2D eigenvalue weighted by Crippen LogP contribution is -2.32. The highest BCUT2D eigenvalue weighted by Crippen LogP contribution is 2.29. The topological polar surface area (TPSA) is 76.2 Å². The largest absolute Gasteiger partial charge is 0.493 e. The third-order valence-corrected chi connectivity index (χ3v) is 7.47. The van der Waals surface area contributed by atoms with E-state index in [-0.39, 0.29) is 17.3 Å². The number of carbonyl (C=O) groups is 1. The maximum atomic E-state index is 13.4. The molecule has 7 nitrogen and oxygen atoms in total. The molecule has 35 heavy (non-hydrogen) atoms. The molecule has 0 aliphatic heterocycles. The highest BCUT2D eigenvalue weighted by molar-refractivity contribution is 7.92. The van der Waals surface area contributed by atoms with Crippen molar-refractivity contribution < 1.29 is 22.7 Å². The molecule has 3 aromatic carbocycles. The van der Waals surface area contributed by atoms with Crippen molar-refractivity contribution in [3.8, 4) is 11.5 Å². The second-order valence-corrected chi connectivity index (χ2v) is 9.63. The average molecular weight is 497 g/mol. The average Bonchev–Trinajstić information content (AvgIpc) is 2.88. The first-order valence-corrected chi connectivity index (χ1v) is 13.1. The number of nitrogens with zero attached hydrogens (tertiary/aromatic N) is 2. The molecule has 186 valence electrons. The number of rotatable bonds is 11. The van der Waals surface area contributed by atoms with Crippen LogP contribution in [-0.2, 0) is 16.6 Å². The van der Waals surface area contributed by atoms with Crippen molar-refractivity contribution in [3.63, 3.8) is 0 Å². The number of methoxy groups -OCH3 is 1. The summed E-state index contributed by atoms with van der Waals surface area (Å²) in [6.45, 7) is 7.16. The zero-order valence-electron chi connectivity index (χ0n) is 20.6. The Hall–Kier alpha value is -3.52.